The van der Waals surface area contributed by atoms with Crippen molar-refractivity contribution in [1.82, 2.24) is 19.8 Å². The minimum atomic E-state index is -4.14. The third-order valence-corrected chi connectivity index (χ3v) is 8.54. The molecule has 4 bridgehead atoms. The molecule has 0 unspecified atom stereocenters. The summed E-state index contributed by atoms with van der Waals surface area (Å²) in [5, 5.41) is 0. The maximum atomic E-state index is 14.0. The number of benzene rings is 2. The zero-order valence-electron chi connectivity index (χ0n) is 25.0. The largest absolute Gasteiger partial charge is 0.475 e. The van der Waals surface area contributed by atoms with Gasteiger partial charge >= 0.3 is 0 Å². The minimum absolute atomic E-state index is 0.0309. The summed E-state index contributed by atoms with van der Waals surface area (Å²) in [5.74, 6) is -0.0631. The Morgan fingerprint density at radius 1 is 1.10 bits per heavy atom. The van der Waals surface area contributed by atoms with Crippen LogP contribution in [-0.4, -0.2) is 73.3 Å². The van der Waals surface area contributed by atoms with E-state index in [9.17, 15) is 18.0 Å². The van der Waals surface area contributed by atoms with E-state index in [0.29, 0.717) is 25.1 Å². The van der Waals surface area contributed by atoms with E-state index < -0.39 is 10.0 Å². The Balaban J connectivity index is 1.83. The molecule has 1 aliphatic heterocycles. The predicted octanol–water partition coefficient (Wildman–Crippen LogP) is 4.68. The Morgan fingerprint density at radius 2 is 1.79 bits per heavy atom. The molecule has 4 rings (SSSR count). The molecule has 0 saturated carbocycles. The monoisotopic (exact) mass is 593 g/mol. The molecular weight excluding hydrogens is 554 g/mol. The van der Waals surface area contributed by atoms with Crippen molar-refractivity contribution in [2.75, 3.05) is 32.0 Å². The predicted molar refractivity (Wildman–Crippen MR) is 162 cm³/mol. The van der Waals surface area contributed by atoms with Crippen LogP contribution in [0.25, 0.3) is 11.3 Å². The molecule has 0 spiro atoms. The topological polar surface area (TPSA) is 122 Å². The molecule has 10 nitrogen and oxygen atoms in total. The van der Waals surface area contributed by atoms with Gasteiger partial charge < -0.3 is 14.5 Å². The van der Waals surface area contributed by atoms with E-state index in [4.69, 9.17) is 4.74 Å². The average Bonchev–Trinajstić information content (AvgIpc) is 2.92. The molecule has 3 aromatic rings. The van der Waals surface area contributed by atoms with Gasteiger partial charge in [-0.05, 0) is 61.9 Å². The zero-order chi connectivity index (χ0) is 30.6. The van der Waals surface area contributed by atoms with Gasteiger partial charge in [0.15, 0.2) is 0 Å². The van der Waals surface area contributed by atoms with E-state index in [1.807, 2.05) is 32.0 Å². The molecule has 1 aromatic heterocycles. The lowest BCUT2D eigenvalue weighted by molar-refractivity contribution is -0.128. The van der Waals surface area contributed by atoms with Gasteiger partial charge in [-0.1, -0.05) is 38.1 Å². The van der Waals surface area contributed by atoms with E-state index in [2.05, 4.69) is 28.5 Å². The molecule has 2 amide bonds. The van der Waals surface area contributed by atoms with Crippen molar-refractivity contribution in [2.45, 2.75) is 57.9 Å². The van der Waals surface area contributed by atoms with Crippen LogP contribution in [0.4, 0.5) is 5.95 Å². The van der Waals surface area contributed by atoms with E-state index in [-0.39, 0.29) is 59.1 Å². The van der Waals surface area contributed by atoms with E-state index in [0.717, 1.165) is 16.7 Å². The first kappa shape index (κ1) is 31.0. The van der Waals surface area contributed by atoms with Gasteiger partial charge in [-0.2, -0.15) is 4.98 Å². The summed E-state index contributed by atoms with van der Waals surface area (Å²) in [6, 6.07) is 13.2. The number of rotatable bonds is 7. The van der Waals surface area contributed by atoms with Crippen LogP contribution in [0.1, 0.15) is 54.6 Å². The number of aromatic nitrogens is 2. The van der Waals surface area contributed by atoms with Crippen molar-refractivity contribution in [3.05, 3.63) is 65.2 Å². The Morgan fingerprint density at radius 3 is 2.45 bits per heavy atom. The second-order valence-corrected chi connectivity index (χ2v) is 13.0. The van der Waals surface area contributed by atoms with E-state index in [1.165, 1.54) is 17.0 Å². The summed E-state index contributed by atoms with van der Waals surface area (Å²) in [4.78, 5) is 38.4. The van der Waals surface area contributed by atoms with Crippen molar-refractivity contribution in [2.24, 2.45) is 5.92 Å². The van der Waals surface area contributed by atoms with Gasteiger partial charge in [-0.25, -0.2) is 18.1 Å². The molecule has 2 aromatic carbocycles. The van der Waals surface area contributed by atoms with Gasteiger partial charge in [0.05, 0.1) is 16.6 Å². The number of hydrogen-bond donors (Lipinski definition) is 1. The summed E-state index contributed by atoms with van der Waals surface area (Å²) in [6.07, 6.45) is 1.36. The van der Waals surface area contributed by atoms with Crippen LogP contribution in [0.3, 0.4) is 0 Å². The SMILES string of the molecule is Cc1cccc(C)c1-c1cc2nc(n1)NS(=O)(=O)c1cccc(c1)C(=O)N(CCCC(=O)N(C)C)[C@H](CC(C)C)CO2. The lowest BCUT2D eigenvalue weighted by Crippen LogP contribution is -2.45. The number of nitrogens with one attached hydrogen (secondary N) is 1. The number of nitrogens with zero attached hydrogens (tertiary/aromatic N) is 4. The van der Waals surface area contributed by atoms with E-state index in [1.54, 1.807) is 37.2 Å². The highest BCUT2D eigenvalue weighted by atomic mass is 32.2. The number of carbonyl (C=O) groups excluding carboxylic acids is 2. The van der Waals surface area contributed by atoms with Crippen LogP contribution < -0.4 is 9.46 Å². The maximum absolute atomic E-state index is 14.0. The fourth-order valence-electron chi connectivity index (χ4n) is 5.12. The number of anilines is 1. The molecule has 2 heterocycles. The lowest BCUT2D eigenvalue weighted by Gasteiger charge is -2.33. The second kappa shape index (κ2) is 12.9. The quantitative estimate of drug-likeness (QED) is 0.422. The second-order valence-electron chi connectivity index (χ2n) is 11.3. The van der Waals surface area contributed by atoms with Crippen molar-refractivity contribution in [3.63, 3.8) is 0 Å². The first-order chi connectivity index (χ1) is 19.9. The fraction of sp³-hybridized carbons (Fsp3) is 0.419. The Hall–Kier alpha value is -3.99. The molecule has 1 aliphatic rings. The van der Waals surface area contributed by atoms with Crippen LogP contribution >= 0.6 is 0 Å². The number of amides is 2. The third-order valence-electron chi connectivity index (χ3n) is 7.21. The number of fused-ring (bicyclic) bond motifs is 4. The molecule has 42 heavy (non-hydrogen) atoms. The van der Waals surface area contributed by atoms with Crippen LogP contribution in [0.5, 0.6) is 5.88 Å². The zero-order valence-corrected chi connectivity index (χ0v) is 25.9. The molecule has 11 heteroatoms. The highest BCUT2D eigenvalue weighted by Gasteiger charge is 2.29. The molecule has 0 radical (unpaired) electrons. The lowest BCUT2D eigenvalue weighted by atomic mass is 10.00. The number of sulfonamides is 1. The summed E-state index contributed by atoms with van der Waals surface area (Å²) >= 11 is 0. The van der Waals surface area contributed by atoms with Gasteiger partial charge in [0, 0.05) is 44.3 Å². The minimum Gasteiger partial charge on any atom is -0.475 e. The number of hydrogen-bond acceptors (Lipinski definition) is 7. The van der Waals surface area contributed by atoms with Crippen molar-refractivity contribution in [1.29, 1.82) is 0 Å². The first-order valence-corrected chi connectivity index (χ1v) is 15.6. The fourth-order valence-corrected chi connectivity index (χ4v) is 6.11. The standard InChI is InChI=1S/C31H39N5O5S/c1-20(2)16-24-19-41-27-18-26(29-21(3)10-7-11-22(29)4)32-31(33-27)34-42(39,40)25-13-8-12-23(17-25)30(38)36(24)15-9-14-28(37)35(5)6/h7-8,10-13,17-18,20,24H,9,14-16,19H2,1-6H3,(H,32,33,34)/t24-/m1/s1. The highest BCUT2D eigenvalue weighted by molar-refractivity contribution is 7.92. The number of carbonyl (C=O) groups is 2. The number of aryl methyl sites for hydroxylation is 2. The number of ether oxygens (including phenoxy) is 1. The third kappa shape index (κ3) is 7.25. The van der Waals surface area contributed by atoms with Crippen molar-refractivity contribution in [3.8, 4) is 17.1 Å². The van der Waals surface area contributed by atoms with Crippen LogP contribution in [-0.2, 0) is 14.8 Å². The molecule has 0 fully saturated rings. The summed E-state index contributed by atoms with van der Waals surface area (Å²) < 4.78 is 35.6. The maximum Gasteiger partial charge on any atom is 0.264 e. The van der Waals surface area contributed by atoms with Gasteiger partial charge in [0.2, 0.25) is 17.7 Å². The molecule has 0 saturated heterocycles. The smallest absolute Gasteiger partial charge is 0.264 e. The van der Waals surface area contributed by atoms with Crippen molar-refractivity contribution >= 4 is 27.8 Å². The summed E-state index contributed by atoms with van der Waals surface area (Å²) in [5.41, 5.74) is 3.56. The molecule has 224 valence electrons. The molecular formula is C31H39N5O5S. The van der Waals surface area contributed by atoms with Gasteiger partial charge in [-0.3, -0.25) is 9.59 Å². The van der Waals surface area contributed by atoms with Gasteiger partial charge in [-0.15, -0.1) is 0 Å². The van der Waals surface area contributed by atoms with E-state index >= 15 is 0 Å². The Labute approximate surface area is 248 Å². The summed E-state index contributed by atoms with van der Waals surface area (Å²) in [6.45, 7) is 8.49. The van der Waals surface area contributed by atoms with Gasteiger partial charge in [0.25, 0.3) is 15.9 Å². The Kier molecular flexibility index (Phi) is 9.50. The van der Waals surface area contributed by atoms with Crippen LogP contribution in [0.15, 0.2) is 53.4 Å². The molecule has 0 aliphatic carbocycles. The highest BCUT2D eigenvalue weighted by Crippen LogP contribution is 2.30. The van der Waals surface area contributed by atoms with Gasteiger partial charge in [0.1, 0.15) is 6.61 Å². The molecule has 1 N–H and O–H groups in total. The van der Waals surface area contributed by atoms with Crippen LogP contribution in [0, 0.1) is 19.8 Å². The average molecular weight is 594 g/mol. The van der Waals surface area contributed by atoms with Crippen molar-refractivity contribution < 1.29 is 22.7 Å². The molecule has 1 atom stereocenters. The summed E-state index contributed by atoms with van der Waals surface area (Å²) in [7, 11) is -0.742. The first-order valence-electron chi connectivity index (χ1n) is 14.1. The Bertz CT molecular complexity index is 1550. The normalized spacial score (nSPS) is 16.5. The van der Waals surface area contributed by atoms with Crippen LogP contribution in [0.2, 0.25) is 0 Å².